The van der Waals surface area contributed by atoms with Gasteiger partial charge in [0.1, 0.15) is 0 Å². The normalized spacial score (nSPS) is 20.8. The van der Waals surface area contributed by atoms with Crippen LogP contribution >= 0.6 is 15.9 Å². The molecule has 0 radical (unpaired) electrons. The average Bonchev–Trinajstić information content (AvgIpc) is 3.18. The van der Waals surface area contributed by atoms with Gasteiger partial charge in [-0.1, -0.05) is 94.8 Å². The van der Waals surface area contributed by atoms with E-state index in [0.717, 1.165) is 22.0 Å². The number of carbonyl (C=O) groups excluding carboxylic acids is 1. The Balaban J connectivity index is 1.56. The SMILES string of the molecule is C=C[C@@H]1C[C@H](COCc2ccccc2)N(Cc2ccc(Br)cc2)[C@H]1C(=O)c1ccccc1. The summed E-state index contributed by atoms with van der Waals surface area (Å²) in [4.78, 5) is 15.9. The van der Waals surface area contributed by atoms with Crippen LogP contribution in [0.25, 0.3) is 0 Å². The second kappa shape index (κ2) is 10.9. The van der Waals surface area contributed by atoms with E-state index in [2.05, 4.69) is 51.7 Å². The lowest BCUT2D eigenvalue weighted by Crippen LogP contribution is -2.43. The third kappa shape index (κ3) is 5.44. The van der Waals surface area contributed by atoms with E-state index in [1.807, 2.05) is 66.7 Å². The van der Waals surface area contributed by atoms with Crippen LogP contribution in [0, 0.1) is 5.92 Å². The molecule has 164 valence electrons. The van der Waals surface area contributed by atoms with Gasteiger partial charge in [-0.2, -0.15) is 0 Å². The Hall–Kier alpha value is -2.53. The zero-order valence-electron chi connectivity index (χ0n) is 18.1. The van der Waals surface area contributed by atoms with Crippen molar-refractivity contribution in [3.05, 3.63) is 119 Å². The summed E-state index contributed by atoms with van der Waals surface area (Å²) in [6.07, 6.45) is 2.80. The van der Waals surface area contributed by atoms with E-state index in [1.165, 1.54) is 5.56 Å². The van der Waals surface area contributed by atoms with Gasteiger partial charge < -0.3 is 4.74 Å². The van der Waals surface area contributed by atoms with E-state index in [9.17, 15) is 4.79 Å². The Morgan fingerprint density at radius 1 is 0.969 bits per heavy atom. The minimum atomic E-state index is -0.246. The summed E-state index contributed by atoms with van der Waals surface area (Å²) in [5.41, 5.74) is 3.08. The third-order valence-corrected chi connectivity index (χ3v) is 6.63. The Labute approximate surface area is 198 Å². The number of carbonyl (C=O) groups is 1. The molecule has 0 saturated carbocycles. The molecule has 32 heavy (non-hydrogen) atoms. The lowest BCUT2D eigenvalue weighted by atomic mass is 9.92. The highest BCUT2D eigenvalue weighted by Gasteiger charge is 2.43. The molecule has 3 atom stereocenters. The predicted octanol–water partition coefficient (Wildman–Crippen LogP) is 6.29. The summed E-state index contributed by atoms with van der Waals surface area (Å²) >= 11 is 3.51. The highest BCUT2D eigenvalue weighted by molar-refractivity contribution is 9.10. The fourth-order valence-electron chi connectivity index (χ4n) is 4.47. The molecule has 0 unspecified atom stereocenters. The minimum absolute atomic E-state index is 0.0866. The molecule has 3 aromatic carbocycles. The molecule has 0 spiro atoms. The largest absolute Gasteiger partial charge is 0.375 e. The van der Waals surface area contributed by atoms with Crippen molar-refractivity contribution in [3.8, 4) is 0 Å². The summed E-state index contributed by atoms with van der Waals surface area (Å²) in [6, 6.07) is 28.0. The number of hydrogen-bond acceptors (Lipinski definition) is 3. The first-order valence-corrected chi connectivity index (χ1v) is 11.8. The van der Waals surface area contributed by atoms with Crippen LogP contribution in [-0.2, 0) is 17.9 Å². The van der Waals surface area contributed by atoms with Crippen molar-refractivity contribution in [1.29, 1.82) is 0 Å². The fraction of sp³-hybridized carbons (Fsp3) is 0.250. The van der Waals surface area contributed by atoms with Gasteiger partial charge in [-0.3, -0.25) is 9.69 Å². The molecule has 3 aromatic rings. The van der Waals surface area contributed by atoms with E-state index >= 15 is 0 Å². The van der Waals surface area contributed by atoms with Gasteiger partial charge in [-0.15, -0.1) is 6.58 Å². The molecule has 0 aliphatic carbocycles. The topological polar surface area (TPSA) is 29.5 Å². The maximum absolute atomic E-state index is 13.6. The number of likely N-dealkylation sites (tertiary alicyclic amines) is 1. The molecule has 1 heterocycles. The van der Waals surface area contributed by atoms with Gasteiger partial charge in [-0.25, -0.2) is 0 Å². The number of rotatable bonds is 9. The van der Waals surface area contributed by atoms with E-state index in [4.69, 9.17) is 4.74 Å². The lowest BCUT2D eigenvalue weighted by Gasteiger charge is -2.30. The molecule has 0 amide bonds. The molecule has 1 fully saturated rings. The van der Waals surface area contributed by atoms with Crippen molar-refractivity contribution >= 4 is 21.7 Å². The number of hydrogen-bond donors (Lipinski definition) is 0. The molecule has 3 nitrogen and oxygen atoms in total. The first-order chi connectivity index (χ1) is 15.7. The van der Waals surface area contributed by atoms with Gasteiger partial charge in [-0.05, 0) is 29.7 Å². The van der Waals surface area contributed by atoms with Crippen molar-refractivity contribution in [2.75, 3.05) is 6.61 Å². The van der Waals surface area contributed by atoms with Crippen LogP contribution in [0.4, 0.5) is 0 Å². The van der Waals surface area contributed by atoms with Gasteiger partial charge in [0.25, 0.3) is 0 Å². The zero-order valence-corrected chi connectivity index (χ0v) is 19.7. The van der Waals surface area contributed by atoms with Crippen LogP contribution < -0.4 is 0 Å². The molecule has 0 bridgehead atoms. The Morgan fingerprint density at radius 3 is 2.28 bits per heavy atom. The van der Waals surface area contributed by atoms with Crippen molar-refractivity contribution in [3.63, 3.8) is 0 Å². The van der Waals surface area contributed by atoms with Crippen molar-refractivity contribution in [2.45, 2.75) is 31.7 Å². The van der Waals surface area contributed by atoms with E-state index < -0.39 is 0 Å². The van der Waals surface area contributed by atoms with E-state index in [1.54, 1.807) is 0 Å². The number of Topliss-reactive ketones (excluding diaryl/α,β-unsaturated/α-hetero) is 1. The van der Waals surface area contributed by atoms with Crippen molar-refractivity contribution in [1.82, 2.24) is 4.90 Å². The van der Waals surface area contributed by atoms with Crippen LogP contribution in [0.15, 0.2) is 102 Å². The molecule has 1 saturated heterocycles. The molecule has 4 rings (SSSR count). The molecular weight excluding hydrogens is 462 g/mol. The predicted molar refractivity (Wildman–Crippen MR) is 132 cm³/mol. The maximum atomic E-state index is 13.6. The summed E-state index contributed by atoms with van der Waals surface area (Å²) in [5, 5.41) is 0. The molecule has 1 aliphatic rings. The number of ether oxygens (including phenoxy) is 1. The summed E-state index contributed by atoms with van der Waals surface area (Å²) < 4.78 is 7.17. The van der Waals surface area contributed by atoms with E-state index in [0.29, 0.717) is 19.8 Å². The second-order valence-electron chi connectivity index (χ2n) is 8.26. The highest BCUT2D eigenvalue weighted by Crippen LogP contribution is 2.35. The lowest BCUT2D eigenvalue weighted by molar-refractivity contribution is 0.0478. The first-order valence-electron chi connectivity index (χ1n) is 11.0. The van der Waals surface area contributed by atoms with Crippen LogP contribution in [0.2, 0.25) is 0 Å². The van der Waals surface area contributed by atoms with Gasteiger partial charge in [0.05, 0.1) is 19.3 Å². The smallest absolute Gasteiger partial charge is 0.180 e. The van der Waals surface area contributed by atoms with Crippen LogP contribution in [0.5, 0.6) is 0 Å². The molecule has 0 aromatic heterocycles. The first kappa shape index (κ1) is 22.7. The number of benzene rings is 3. The minimum Gasteiger partial charge on any atom is -0.375 e. The standard InChI is InChI=1S/C28H28BrNO2/c1-2-23-17-26(20-32-19-22-9-5-3-6-10-22)30(18-21-13-15-25(29)16-14-21)27(23)28(31)24-11-7-4-8-12-24/h2-16,23,26-27H,1,17-20H2/t23-,26-,27-/m1/s1. The molecule has 1 aliphatic heterocycles. The molecular formula is C28H28BrNO2. The summed E-state index contributed by atoms with van der Waals surface area (Å²) in [7, 11) is 0. The van der Waals surface area contributed by atoms with Gasteiger partial charge in [0, 0.05) is 28.5 Å². The van der Waals surface area contributed by atoms with Gasteiger partial charge in [0.2, 0.25) is 0 Å². The van der Waals surface area contributed by atoms with Crippen LogP contribution in [-0.4, -0.2) is 29.4 Å². The third-order valence-electron chi connectivity index (χ3n) is 6.11. The van der Waals surface area contributed by atoms with Gasteiger partial charge >= 0.3 is 0 Å². The zero-order chi connectivity index (χ0) is 22.3. The number of halogens is 1. The Morgan fingerprint density at radius 2 is 1.62 bits per heavy atom. The van der Waals surface area contributed by atoms with Crippen molar-refractivity contribution < 1.29 is 9.53 Å². The number of ketones is 1. The molecule has 4 heteroatoms. The van der Waals surface area contributed by atoms with E-state index in [-0.39, 0.29) is 23.8 Å². The maximum Gasteiger partial charge on any atom is 0.180 e. The summed E-state index contributed by atoms with van der Waals surface area (Å²) in [5.74, 6) is 0.238. The van der Waals surface area contributed by atoms with Crippen molar-refractivity contribution in [2.24, 2.45) is 5.92 Å². The monoisotopic (exact) mass is 489 g/mol. The quantitative estimate of drug-likeness (QED) is 0.261. The fourth-order valence-corrected chi connectivity index (χ4v) is 4.74. The Bertz CT molecular complexity index is 1020. The molecule has 0 N–H and O–H groups in total. The average molecular weight is 490 g/mol. The second-order valence-corrected chi connectivity index (χ2v) is 9.18. The highest BCUT2D eigenvalue weighted by atomic mass is 79.9. The van der Waals surface area contributed by atoms with Gasteiger partial charge in [0.15, 0.2) is 5.78 Å². The number of nitrogens with zero attached hydrogens (tertiary/aromatic N) is 1. The summed E-state index contributed by atoms with van der Waals surface area (Å²) in [6.45, 7) is 5.90. The van der Waals surface area contributed by atoms with Crippen LogP contribution in [0.3, 0.4) is 0 Å². The van der Waals surface area contributed by atoms with Crippen LogP contribution in [0.1, 0.15) is 27.9 Å². The Kier molecular flexibility index (Phi) is 7.69.